The summed E-state index contributed by atoms with van der Waals surface area (Å²) in [6.07, 6.45) is 1.50. The number of nitriles is 2. The summed E-state index contributed by atoms with van der Waals surface area (Å²) in [5, 5.41) is 27.3. The van der Waals surface area contributed by atoms with Crippen molar-refractivity contribution < 1.29 is 28.6 Å². The van der Waals surface area contributed by atoms with Crippen LogP contribution in [0.4, 0.5) is 0 Å². The van der Waals surface area contributed by atoms with E-state index in [1.807, 2.05) is 0 Å². The third-order valence-electron chi connectivity index (χ3n) is 2.83. The van der Waals surface area contributed by atoms with Crippen molar-refractivity contribution in [2.24, 2.45) is 5.92 Å². The number of carbonyl (C=O) groups excluding carboxylic acids is 3. The summed E-state index contributed by atoms with van der Waals surface area (Å²) in [5.74, 6) is -2.32. The molecule has 0 heterocycles. The first kappa shape index (κ1) is 21.3. The van der Waals surface area contributed by atoms with E-state index in [0.29, 0.717) is 0 Å². The minimum Gasteiger partial charge on any atom is -0.763 e. The van der Waals surface area contributed by atoms with E-state index < -0.39 is 41.4 Å². The van der Waals surface area contributed by atoms with Crippen LogP contribution < -0.4 is 0 Å². The average Bonchev–Trinajstić information content (AvgIpc) is 2.65. The summed E-state index contributed by atoms with van der Waals surface area (Å²) < 4.78 is 13.3. The Labute approximate surface area is 143 Å². The Balaban J connectivity index is 6.27. The first-order valence-electron chi connectivity index (χ1n) is 6.61. The van der Waals surface area contributed by atoms with Crippen LogP contribution in [0.5, 0.6) is 0 Å². The summed E-state index contributed by atoms with van der Waals surface area (Å²) in [7, 11) is 3.22. The van der Waals surface area contributed by atoms with Crippen LogP contribution in [0.2, 0.25) is 0 Å². The predicted octanol–water partition coefficient (Wildman–Crippen LogP) is 0.577. The van der Waals surface area contributed by atoms with Crippen molar-refractivity contribution in [2.45, 2.75) is 6.42 Å². The van der Waals surface area contributed by atoms with Crippen LogP contribution in [-0.4, -0.2) is 45.1 Å². The Kier molecular flexibility index (Phi) is 9.34. The molecule has 0 amide bonds. The Morgan fingerprint density at radius 2 is 1.64 bits per heavy atom. The molecule has 0 aromatic heterocycles. The number of carbonyl (C=O) groups is 3. The van der Waals surface area contributed by atoms with Crippen LogP contribution in [0.15, 0.2) is 28.9 Å². The molecular weight excluding hydrogens is 330 g/mol. The number of esters is 3. The highest BCUT2D eigenvalue weighted by molar-refractivity contribution is 6.02. The van der Waals surface area contributed by atoms with E-state index in [9.17, 15) is 19.6 Å². The summed E-state index contributed by atoms with van der Waals surface area (Å²) in [4.78, 5) is 34.5. The van der Waals surface area contributed by atoms with E-state index in [0.717, 1.165) is 33.5 Å². The molecule has 0 aliphatic carbocycles. The van der Waals surface area contributed by atoms with Crippen molar-refractivity contribution in [2.75, 3.05) is 21.3 Å². The molecule has 0 unspecified atom stereocenters. The molecule has 130 valence electrons. The maximum atomic E-state index is 11.5. The number of rotatable bonds is 7. The molecule has 0 aliphatic rings. The molecule has 0 spiro atoms. The zero-order valence-electron chi connectivity index (χ0n) is 13.7. The smallest absolute Gasteiger partial charge is 0.348 e. The van der Waals surface area contributed by atoms with Crippen LogP contribution in [0.3, 0.4) is 0 Å². The molecule has 0 fully saturated rings. The van der Waals surface area contributed by atoms with Gasteiger partial charge in [-0.2, -0.15) is 10.5 Å². The monoisotopic (exact) mass is 344 g/mol. The molecule has 0 aromatic rings. The van der Waals surface area contributed by atoms with Crippen molar-refractivity contribution >= 4 is 23.8 Å². The van der Waals surface area contributed by atoms with E-state index in [2.05, 4.69) is 14.2 Å². The van der Waals surface area contributed by atoms with Gasteiger partial charge in [0.25, 0.3) is 0 Å². The molecule has 0 saturated heterocycles. The first-order chi connectivity index (χ1) is 11.9. The lowest BCUT2D eigenvalue weighted by Gasteiger charge is -2.11. The molecule has 25 heavy (non-hydrogen) atoms. The van der Waals surface area contributed by atoms with E-state index in [1.54, 1.807) is 18.0 Å². The van der Waals surface area contributed by atoms with Crippen LogP contribution in [0, 0.1) is 28.6 Å². The Hall–Kier alpha value is -3.68. The fourth-order valence-corrected chi connectivity index (χ4v) is 1.56. The molecule has 0 aromatic carbocycles. The largest absolute Gasteiger partial charge is 0.763 e. The van der Waals surface area contributed by atoms with Gasteiger partial charge in [0.1, 0.15) is 11.6 Å². The SMILES string of the molecule is COC(=O)C[C@@H](C#N)C(/C=C(\C#N)C(=O)OC)=C/C(=C=[N-])C(=O)OC. The standard InChI is InChI=1S/C16H14N3O6/c1-23-14(20)6-11(7-17)10(4-12(8-18)15(21)24-2)5-13(9-19)16(22)25-3/h4-5,11H,6H2,1-3H3/q-1/b10-4+,13-5+/t11-/m0/s1. The van der Waals surface area contributed by atoms with Gasteiger partial charge in [-0.25, -0.2) is 9.59 Å². The van der Waals surface area contributed by atoms with Gasteiger partial charge in [0.15, 0.2) is 0 Å². The molecule has 0 radical (unpaired) electrons. The Morgan fingerprint density at radius 1 is 1.04 bits per heavy atom. The van der Waals surface area contributed by atoms with Crippen LogP contribution in [-0.2, 0) is 28.6 Å². The summed E-state index contributed by atoms with van der Waals surface area (Å²) in [5.41, 5.74) is -1.07. The highest BCUT2D eigenvalue weighted by Gasteiger charge is 2.21. The fraction of sp³-hybridized carbons (Fsp3) is 0.312. The topological polar surface area (TPSA) is 149 Å². The van der Waals surface area contributed by atoms with Crippen molar-refractivity contribution in [3.8, 4) is 12.1 Å². The van der Waals surface area contributed by atoms with Gasteiger partial charge in [0.05, 0.1) is 45.3 Å². The van der Waals surface area contributed by atoms with Gasteiger partial charge in [-0.05, 0) is 17.7 Å². The van der Waals surface area contributed by atoms with Crippen molar-refractivity contribution in [1.82, 2.24) is 0 Å². The molecule has 0 saturated carbocycles. The molecule has 0 rings (SSSR count). The molecule has 0 bridgehead atoms. The maximum absolute atomic E-state index is 11.5. The Morgan fingerprint density at radius 3 is 2.04 bits per heavy atom. The lowest BCUT2D eigenvalue weighted by atomic mass is 9.93. The van der Waals surface area contributed by atoms with Crippen LogP contribution >= 0.6 is 0 Å². The van der Waals surface area contributed by atoms with Crippen LogP contribution in [0.1, 0.15) is 6.42 Å². The van der Waals surface area contributed by atoms with Gasteiger partial charge in [0.2, 0.25) is 0 Å². The maximum Gasteiger partial charge on any atom is 0.348 e. The zero-order chi connectivity index (χ0) is 19.4. The van der Waals surface area contributed by atoms with Crippen molar-refractivity contribution in [3.63, 3.8) is 0 Å². The van der Waals surface area contributed by atoms with E-state index in [1.165, 1.54) is 0 Å². The first-order valence-corrected chi connectivity index (χ1v) is 6.61. The summed E-state index contributed by atoms with van der Waals surface area (Å²) in [6.45, 7) is 0. The molecule has 0 aliphatic heterocycles. The minimum atomic E-state index is -1.19. The van der Waals surface area contributed by atoms with Gasteiger partial charge in [-0.3, -0.25) is 10.7 Å². The number of hydrogen-bond acceptors (Lipinski definition) is 8. The lowest BCUT2D eigenvalue weighted by molar-refractivity contribution is -0.141. The number of hydrogen-bond donors (Lipinski definition) is 0. The predicted molar refractivity (Wildman–Crippen MR) is 83.4 cm³/mol. The number of methoxy groups -OCH3 is 3. The average molecular weight is 344 g/mol. The molecule has 1 atom stereocenters. The van der Waals surface area contributed by atoms with E-state index >= 15 is 0 Å². The zero-order valence-corrected chi connectivity index (χ0v) is 13.7. The quantitative estimate of drug-likeness (QED) is 0.162. The van der Waals surface area contributed by atoms with E-state index in [4.69, 9.17) is 10.7 Å². The van der Waals surface area contributed by atoms with Gasteiger partial charge in [0, 0.05) is 0 Å². The summed E-state index contributed by atoms with van der Waals surface area (Å²) >= 11 is 0. The fourth-order valence-electron chi connectivity index (χ4n) is 1.56. The molecule has 0 N–H and O–H groups in total. The highest BCUT2D eigenvalue weighted by Crippen LogP contribution is 2.21. The van der Waals surface area contributed by atoms with Crippen LogP contribution in [0.25, 0.3) is 5.41 Å². The van der Waals surface area contributed by atoms with E-state index in [-0.39, 0.29) is 5.57 Å². The summed E-state index contributed by atoms with van der Waals surface area (Å²) in [6, 6.07) is 3.37. The van der Waals surface area contributed by atoms with Gasteiger partial charge < -0.3 is 19.6 Å². The number of allylic oxidation sites excluding steroid dienone is 2. The Bertz CT molecular complexity index is 745. The highest BCUT2D eigenvalue weighted by atomic mass is 16.5. The van der Waals surface area contributed by atoms with Gasteiger partial charge >= 0.3 is 17.9 Å². The third kappa shape index (κ3) is 6.53. The number of ether oxygens (including phenoxy) is 3. The normalized spacial score (nSPS) is 11.9. The minimum absolute atomic E-state index is 0.100. The third-order valence-corrected chi connectivity index (χ3v) is 2.83. The second-order valence-electron chi connectivity index (χ2n) is 4.28. The lowest BCUT2D eigenvalue weighted by Crippen LogP contribution is -2.13. The van der Waals surface area contributed by atoms with Crippen molar-refractivity contribution in [1.29, 1.82) is 10.5 Å². The van der Waals surface area contributed by atoms with Gasteiger partial charge in [-0.15, -0.1) is 0 Å². The van der Waals surface area contributed by atoms with Crippen molar-refractivity contribution in [3.05, 3.63) is 34.3 Å². The molecular formula is C16H14N3O6-. The molecule has 9 nitrogen and oxygen atoms in total. The van der Waals surface area contributed by atoms with Gasteiger partial charge in [-0.1, -0.05) is 0 Å². The second kappa shape index (κ2) is 10.9. The second-order valence-corrected chi connectivity index (χ2v) is 4.28. The number of nitrogens with zero attached hydrogens (tertiary/aromatic N) is 3. The molecule has 9 heteroatoms.